The molecule has 2 heterocycles. The molecule has 4 aromatic rings. The van der Waals surface area contributed by atoms with Gasteiger partial charge in [-0.25, -0.2) is 23.1 Å². The molecular weight excluding hydrogens is 504 g/mol. The fourth-order valence-corrected chi connectivity index (χ4v) is 4.73. The third-order valence-corrected chi connectivity index (χ3v) is 7.18. The van der Waals surface area contributed by atoms with Crippen molar-refractivity contribution in [3.63, 3.8) is 0 Å². The lowest BCUT2D eigenvalue weighted by Gasteiger charge is -2.11. The summed E-state index contributed by atoms with van der Waals surface area (Å²) >= 11 is 6.49. The lowest BCUT2D eigenvalue weighted by atomic mass is 10.2. The summed E-state index contributed by atoms with van der Waals surface area (Å²) in [6.07, 6.45) is 0. The summed E-state index contributed by atoms with van der Waals surface area (Å²) in [4.78, 5) is 21.7. The van der Waals surface area contributed by atoms with Gasteiger partial charge in [-0.1, -0.05) is 35.4 Å². The van der Waals surface area contributed by atoms with Gasteiger partial charge in [-0.2, -0.15) is 0 Å². The van der Waals surface area contributed by atoms with E-state index in [-0.39, 0.29) is 10.6 Å². The zero-order chi connectivity index (χ0) is 25.9. The summed E-state index contributed by atoms with van der Waals surface area (Å²) in [5.74, 6) is 0.456. The fraction of sp³-hybridized carbons (Fsp3) is 0.240. The minimum absolute atomic E-state index is 0.00676. The van der Waals surface area contributed by atoms with Crippen molar-refractivity contribution in [3.05, 3.63) is 82.3 Å². The number of hydrogen-bond donors (Lipinski definition) is 1. The monoisotopic (exact) mass is 528 g/mol. The van der Waals surface area contributed by atoms with Crippen molar-refractivity contribution in [1.82, 2.24) is 19.3 Å². The van der Waals surface area contributed by atoms with Gasteiger partial charge < -0.3 is 14.0 Å². The quantitative estimate of drug-likeness (QED) is 0.328. The molecule has 0 aliphatic carbocycles. The molecule has 0 saturated carbocycles. The Hall–Kier alpha value is -3.47. The first-order chi connectivity index (χ1) is 17.2. The molecule has 0 aliphatic heterocycles. The van der Waals surface area contributed by atoms with Gasteiger partial charge in [0.25, 0.3) is 15.9 Å². The molecule has 36 heavy (non-hydrogen) atoms. The van der Waals surface area contributed by atoms with Crippen LogP contribution in [0.2, 0.25) is 5.02 Å². The lowest BCUT2D eigenvalue weighted by Crippen LogP contribution is -2.31. The van der Waals surface area contributed by atoms with Crippen LogP contribution in [0, 0.1) is 13.8 Å². The summed E-state index contributed by atoms with van der Waals surface area (Å²) in [5.41, 5.74) is 2.67. The third kappa shape index (κ3) is 5.67. The number of pyridine rings is 1. The van der Waals surface area contributed by atoms with E-state index in [9.17, 15) is 13.2 Å². The maximum absolute atomic E-state index is 12.8. The number of hydrogen-bond acceptors (Lipinski definition) is 7. The number of benzene rings is 2. The highest BCUT2D eigenvalue weighted by Gasteiger charge is 2.21. The van der Waals surface area contributed by atoms with Gasteiger partial charge in [0.1, 0.15) is 29.4 Å². The van der Waals surface area contributed by atoms with E-state index in [2.05, 4.69) is 14.7 Å². The number of aryl methyl sites for hydroxylation is 2. The number of nitrogens with zero attached hydrogens (tertiary/aromatic N) is 3. The minimum atomic E-state index is -4.05. The summed E-state index contributed by atoms with van der Waals surface area (Å²) in [5, 5.41) is 0.504. The number of carbonyl (C=O) groups excluding carboxylic acids is 1. The van der Waals surface area contributed by atoms with Crippen molar-refractivity contribution in [1.29, 1.82) is 0 Å². The molecule has 0 aliphatic rings. The van der Waals surface area contributed by atoms with E-state index >= 15 is 0 Å². The van der Waals surface area contributed by atoms with E-state index in [1.165, 1.54) is 18.2 Å². The Balaban J connectivity index is 1.58. The molecule has 0 fully saturated rings. The zero-order valence-corrected chi connectivity index (χ0v) is 21.6. The molecule has 2 aromatic carbocycles. The Morgan fingerprint density at radius 3 is 2.47 bits per heavy atom. The molecule has 11 heteroatoms. The van der Waals surface area contributed by atoms with E-state index in [0.717, 1.165) is 11.1 Å². The normalized spacial score (nSPS) is 11.6. The smallest absolute Gasteiger partial charge is 0.283 e. The predicted octanol–water partition coefficient (Wildman–Crippen LogP) is 3.89. The number of nitrogens with one attached hydrogen (secondary N) is 1. The molecule has 0 radical (unpaired) electrons. The van der Waals surface area contributed by atoms with Gasteiger partial charge in [-0.15, -0.1) is 0 Å². The zero-order valence-electron chi connectivity index (χ0n) is 20.0. The van der Waals surface area contributed by atoms with Gasteiger partial charge in [0, 0.05) is 12.1 Å². The Morgan fingerprint density at radius 1 is 1.03 bits per heavy atom. The number of fused-ring (bicyclic) bond motifs is 1. The van der Waals surface area contributed by atoms with Crippen molar-refractivity contribution in [2.24, 2.45) is 0 Å². The highest BCUT2D eigenvalue weighted by molar-refractivity contribution is 7.90. The maximum atomic E-state index is 12.8. The second-order valence-electron chi connectivity index (χ2n) is 8.13. The molecule has 0 saturated heterocycles. The highest BCUT2D eigenvalue weighted by Crippen LogP contribution is 2.25. The van der Waals surface area contributed by atoms with Crippen LogP contribution in [0.1, 0.15) is 27.4 Å². The molecular formula is C25H25ClN4O5S. The van der Waals surface area contributed by atoms with Crippen LogP contribution in [0.25, 0.3) is 11.2 Å². The van der Waals surface area contributed by atoms with Crippen LogP contribution in [0.4, 0.5) is 0 Å². The van der Waals surface area contributed by atoms with Crippen LogP contribution >= 0.6 is 11.6 Å². The number of halogens is 1. The second kappa shape index (κ2) is 10.7. The van der Waals surface area contributed by atoms with Crippen LogP contribution in [0.5, 0.6) is 5.75 Å². The Labute approximate surface area is 214 Å². The van der Waals surface area contributed by atoms with E-state index in [1.807, 2.05) is 30.5 Å². The average molecular weight is 529 g/mol. The van der Waals surface area contributed by atoms with E-state index < -0.39 is 15.9 Å². The minimum Gasteiger partial charge on any atom is -0.491 e. The Kier molecular flexibility index (Phi) is 7.58. The number of rotatable bonds is 9. The van der Waals surface area contributed by atoms with Gasteiger partial charge in [-0.3, -0.25) is 4.79 Å². The standard InChI is InChI=1S/C25H25ClN4O5S/c1-16-4-8-20(9-5-16)36(32,33)29-25(31)23-11-10-22-24(28-23)30(17(2)27-22)15-18-6-7-19(14-21(18)26)35-13-12-34-3/h4-11,14H,12-13,15H2,1-3H3,(H,29,31). The number of carbonyl (C=O) groups is 1. The first kappa shape index (κ1) is 25.6. The maximum Gasteiger partial charge on any atom is 0.283 e. The SMILES string of the molecule is COCCOc1ccc(Cn2c(C)nc3ccc(C(=O)NS(=O)(=O)c4ccc(C)cc4)nc32)c(Cl)c1. The fourth-order valence-electron chi connectivity index (χ4n) is 3.54. The summed E-state index contributed by atoms with van der Waals surface area (Å²) < 4.78 is 39.8. The molecule has 4 rings (SSSR count). The molecule has 0 atom stereocenters. The molecule has 0 unspecified atom stereocenters. The first-order valence-corrected chi connectivity index (χ1v) is 12.9. The van der Waals surface area contributed by atoms with Crippen LogP contribution < -0.4 is 9.46 Å². The van der Waals surface area contributed by atoms with Crippen LogP contribution in [-0.2, 0) is 21.3 Å². The summed E-state index contributed by atoms with van der Waals surface area (Å²) in [7, 11) is -2.45. The highest BCUT2D eigenvalue weighted by atomic mass is 35.5. The van der Waals surface area contributed by atoms with Gasteiger partial charge in [0.15, 0.2) is 5.65 Å². The Morgan fingerprint density at radius 2 is 1.78 bits per heavy atom. The van der Waals surface area contributed by atoms with Crippen molar-refractivity contribution in [2.75, 3.05) is 20.3 Å². The average Bonchev–Trinajstić information content (AvgIpc) is 3.15. The van der Waals surface area contributed by atoms with E-state index in [0.29, 0.717) is 47.5 Å². The molecule has 0 bridgehead atoms. The van der Waals surface area contributed by atoms with Crippen LogP contribution in [-0.4, -0.2) is 49.2 Å². The largest absolute Gasteiger partial charge is 0.491 e. The van der Waals surface area contributed by atoms with Gasteiger partial charge in [0.2, 0.25) is 0 Å². The third-order valence-electron chi connectivity index (χ3n) is 5.48. The van der Waals surface area contributed by atoms with E-state index in [4.69, 9.17) is 21.1 Å². The number of methoxy groups -OCH3 is 1. The van der Waals surface area contributed by atoms with Gasteiger partial charge in [-0.05, 0) is 55.8 Å². The van der Waals surface area contributed by atoms with Crippen molar-refractivity contribution in [3.8, 4) is 5.75 Å². The van der Waals surface area contributed by atoms with Gasteiger partial charge in [0.05, 0.1) is 18.0 Å². The Bertz CT molecular complexity index is 1520. The second-order valence-corrected chi connectivity index (χ2v) is 10.2. The molecule has 1 N–H and O–H groups in total. The number of ether oxygens (including phenoxy) is 2. The van der Waals surface area contributed by atoms with Crippen LogP contribution in [0.3, 0.4) is 0 Å². The summed E-state index contributed by atoms with van der Waals surface area (Å²) in [6.45, 7) is 4.88. The molecule has 9 nitrogen and oxygen atoms in total. The molecule has 0 spiro atoms. The predicted molar refractivity (Wildman–Crippen MR) is 136 cm³/mol. The van der Waals surface area contributed by atoms with Crippen molar-refractivity contribution < 1.29 is 22.7 Å². The van der Waals surface area contributed by atoms with E-state index in [1.54, 1.807) is 31.4 Å². The van der Waals surface area contributed by atoms with Gasteiger partial charge >= 0.3 is 0 Å². The number of sulfonamides is 1. The lowest BCUT2D eigenvalue weighted by molar-refractivity contribution is 0.0977. The van der Waals surface area contributed by atoms with Crippen LogP contribution in [0.15, 0.2) is 59.5 Å². The van der Waals surface area contributed by atoms with Crippen molar-refractivity contribution >= 4 is 38.7 Å². The number of aromatic nitrogens is 3. The van der Waals surface area contributed by atoms with Crippen molar-refractivity contribution in [2.45, 2.75) is 25.3 Å². The topological polar surface area (TPSA) is 112 Å². The molecule has 2 aromatic heterocycles. The number of amides is 1. The summed E-state index contributed by atoms with van der Waals surface area (Å²) in [6, 6.07) is 14.7. The molecule has 1 amide bonds. The first-order valence-electron chi connectivity index (χ1n) is 11.1. The number of imidazole rings is 1. The molecule has 188 valence electrons.